The van der Waals surface area contributed by atoms with Gasteiger partial charge in [0.1, 0.15) is 11.6 Å². The summed E-state index contributed by atoms with van der Waals surface area (Å²) < 4.78 is 35.2. The molecule has 30 heavy (non-hydrogen) atoms. The van der Waals surface area contributed by atoms with Gasteiger partial charge in [-0.1, -0.05) is 18.2 Å². The van der Waals surface area contributed by atoms with Gasteiger partial charge in [-0.15, -0.1) is 0 Å². The molecule has 0 unspecified atom stereocenters. The molecular formula is C21H24N4O4S. The third-order valence-electron chi connectivity index (χ3n) is 4.54. The second-order valence-corrected chi connectivity index (χ2v) is 8.29. The Labute approximate surface area is 176 Å². The molecule has 0 saturated carbocycles. The molecule has 1 heterocycles. The molecule has 1 amide bonds. The normalized spacial score (nSPS) is 11.1. The van der Waals surface area contributed by atoms with Gasteiger partial charge in [0.25, 0.3) is 15.9 Å². The molecule has 0 aliphatic heterocycles. The predicted octanol–water partition coefficient (Wildman–Crippen LogP) is 2.82. The van der Waals surface area contributed by atoms with Crippen molar-refractivity contribution < 1.29 is 17.9 Å². The van der Waals surface area contributed by atoms with Crippen molar-refractivity contribution in [3.8, 4) is 5.75 Å². The molecule has 0 bridgehead atoms. The number of imidazole rings is 1. The highest BCUT2D eigenvalue weighted by Crippen LogP contribution is 2.26. The van der Waals surface area contributed by atoms with Crippen LogP contribution in [0.1, 0.15) is 22.6 Å². The standard InChI is InChI=1S/C21H24N4O4S/c1-16-22-12-14-25(16)13-6-11-23-21(26)17-7-5-8-18(15-17)30(27,28)24-19-9-3-4-10-20(19)29-2/h3-5,7-10,12,14-15,24H,6,11,13H2,1-2H3,(H,23,26). The first-order valence-electron chi connectivity index (χ1n) is 9.42. The minimum Gasteiger partial charge on any atom is -0.495 e. The fraction of sp³-hybridized carbons (Fsp3) is 0.238. The topological polar surface area (TPSA) is 102 Å². The molecular weight excluding hydrogens is 404 g/mol. The zero-order valence-electron chi connectivity index (χ0n) is 16.8. The van der Waals surface area contributed by atoms with Crippen LogP contribution in [0.15, 0.2) is 65.8 Å². The van der Waals surface area contributed by atoms with Crippen molar-refractivity contribution >= 4 is 21.6 Å². The number of carbonyl (C=O) groups is 1. The highest BCUT2D eigenvalue weighted by Gasteiger charge is 2.18. The summed E-state index contributed by atoms with van der Waals surface area (Å²) in [4.78, 5) is 16.6. The average molecular weight is 429 g/mol. The quantitative estimate of drug-likeness (QED) is 0.510. The molecule has 0 radical (unpaired) electrons. The molecule has 9 heteroatoms. The Bertz CT molecular complexity index is 1130. The predicted molar refractivity (Wildman–Crippen MR) is 114 cm³/mol. The van der Waals surface area contributed by atoms with E-state index in [1.54, 1.807) is 42.6 Å². The highest BCUT2D eigenvalue weighted by atomic mass is 32.2. The Morgan fingerprint density at radius 3 is 2.70 bits per heavy atom. The van der Waals surface area contributed by atoms with E-state index in [0.717, 1.165) is 18.8 Å². The molecule has 3 rings (SSSR count). The van der Waals surface area contributed by atoms with Gasteiger partial charge in [0.15, 0.2) is 0 Å². The van der Waals surface area contributed by atoms with E-state index >= 15 is 0 Å². The number of hydrogen-bond acceptors (Lipinski definition) is 5. The number of nitrogens with one attached hydrogen (secondary N) is 2. The van der Waals surface area contributed by atoms with Crippen molar-refractivity contribution in [2.45, 2.75) is 24.8 Å². The van der Waals surface area contributed by atoms with Crippen LogP contribution in [0.4, 0.5) is 5.69 Å². The maximum Gasteiger partial charge on any atom is 0.262 e. The van der Waals surface area contributed by atoms with Gasteiger partial charge in [-0.2, -0.15) is 0 Å². The van der Waals surface area contributed by atoms with Crippen molar-refractivity contribution in [2.75, 3.05) is 18.4 Å². The number of benzene rings is 2. The summed E-state index contributed by atoms with van der Waals surface area (Å²) in [5, 5.41) is 2.82. The fourth-order valence-corrected chi connectivity index (χ4v) is 4.05. The number of sulfonamides is 1. The Kier molecular flexibility index (Phi) is 6.73. The van der Waals surface area contributed by atoms with Crippen molar-refractivity contribution in [1.82, 2.24) is 14.9 Å². The number of aryl methyl sites for hydroxylation is 2. The van der Waals surface area contributed by atoms with E-state index in [-0.39, 0.29) is 16.4 Å². The number of rotatable bonds is 9. The van der Waals surface area contributed by atoms with Crippen molar-refractivity contribution in [3.05, 3.63) is 72.3 Å². The van der Waals surface area contributed by atoms with E-state index in [9.17, 15) is 13.2 Å². The minimum atomic E-state index is -3.88. The summed E-state index contributed by atoms with van der Waals surface area (Å²) in [5.74, 6) is 0.997. The van der Waals surface area contributed by atoms with Crippen LogP contribution < -0.4 is 14.8 Å². The average Bonchev–Trinajstić information content (AvgIpc) is 3.16. The van der Waals surface area contributed by atoms with Crippen LogP contribution in [0.3, 0.4) is 0 Å². The lowest BCUT2D eigenvalue weighted by Crippen LogP contribution is -2.25. The highest BCUT2D eigenvalue weighted by molar-refractivity contribution is 7.92. The van der Waals surface area contributed by atoms with Gasteiger partial charge in [-0.05, 0) is 43.7 Å². The molecule has 3 aromatic rings. The van der Waals surface area contributed by atoms with Crippen LogP contribution >= 0.6 is 0 Å². The summed E-state index contributed by atoms with van der Waals surface area (Å²) in [6.45, 7) is 3.12. The number of anilines is 1. The zero-order valence-corrected chi connectivity index (χ0v) is 17.6. The maximum atomic E-state index is 12.8. The first-order valence-corrected chi connectivity index (χ1v) is 10.9. The lowest BCUT2D eigenvalue weighted by molar-refractivity contribution is 0.0952. The number of hydrogen-bond donors (Lipinski definition) is 2. The molecule has 2 aromatic carbocycles. The van der Waals surface area contributed by atoms with E-state index in [4.69, 9.17) is 4.74 Å². The summed E-state index contributed by atoms with van der Waals surface area (Å²) in [6, 6.07) is 12.6. The zero-order chi connectivity index (χ0) is 21.6. The van der Waals surface area contributed by atoms with Crippen molar-refractivity contribution in [3.63, 3.8) is 0 Å². The van der Waals surface area contributed by atoms with E-state index in [1.165, 1.54) is 19.2 Å². The molecule has 1 aromatic heterocycles. The minimum absolute atomic E-state index is 0.00454. The number of methoxy groups -OCH3 is 1. The number of ether oxygens (including phenoxy) is 1. The third-order valence-corrected chi connectivity index (χ3v) is 5.91. The maximum absolute atomic E-state index is 12.8. The van der Waals surface area contributed by atoms with Crippen molar-refractivity contribution in [1.29, 1.82) is 0 Å². The van der Waals surface area contributed by atoms with Crippen molar-refractivity contribution in [2.24, 2.45) is 0 Å². The van der Waals surface area contributed by atoms with Crippen LogP contribution in [0, 0.1) is 6.92 Å². The van der Waals surface area contributed by atoms with E-state index in [1.807, 2.05) is 17.7 Å². The number of aromatic nitrogens is 2. The van der Waals surface area contributed by atoms with Crippen LogP contribution in [-0.2, 0) is 16.6 Å². The lowest BCUT2D eigenvalue weighted by Gasteiger charge is -2.12. The van der Waals surface area contributed by atoms with Gasteiger partial charge in [0.05, 0.1) is 17.7 Å². The lowest BCUT2D eigenvalue weighted by atomic mass is 10.2. The molecule has 0 atom stereocenters. The molecule has 0 saturated heterocycles. The first-order chi connectivity index (χ1) is 14.4. The van der Waals surface area contributed by atoms with Gasteiger partial charge >= 0.3 is 0 Å². The number of carbonyl (C=O) groups excluding carboxylic acids is 1. The van der Waals surface area contributed by atoms with Gasteiger partial charge in [0.2, 0.25) is 0 Å². The largest absolute Gasteiger partial charge is 0.495 e. The fourth-order valence-electron chi connectivity index (χ4n) is 2.93. The number of nitrogens with zero attached hydrogens (tertiary/aromatic N) is 2. The first kappa shape index (κ1) is 21.4. The Morgan fingerprint density at radius 2 is 1.97 bits per heavy atom. The van der Waals surface area contributed by atoms with Gasteiger partial charge in [-0.3, -0.25) is 9.52 Å². The third kappa shape index (κ3) is 5.18. The van der Waals surface area contributed by atoms with Gasteiger partial charge in [-0.25, -0.2) is 13.4 Å². The van der Waals surface area contributed by atoms with Gasteiger partial charge < -0.3 is 14.6 Å². The Balaban J connectivity index is 1.64. The number of amides is 1. The molecule has 8 nitrogen and oxygen atoms in total. The SMILES string of the molecule is COc1ccccc1NS(=O)(=O)c1cccc(C(=O)NCCCn2ccnc2C)c1. The molecule has 0 fully saturated rings. The van der Waals surface area contributed by atoms with Crippen LogP contribution in [0.25, 0.3) is 0 Å². The van der Waals surface area contributed by atoms with E-state index in [2.05, 4.69) is 15.0 Å². The van der Waals surface area contributed by atoms with Gasteiger partial charge in [0, 0.05) is 31.0 Å². The summed E-state index contributed by atoms with van der Waals surface area (Å²) in [5.41, 5.74) is 0.598. The summed E-state index contributed by atoms with van der Waals surface area (Å²) >= 11 is 0. The summed E-state index contributed by atoms with van der Waals surface area (Å²) in [7, 11) is -2.42. The second-order valence-electron chi connectivity index (χ2n) is 6.61. The number of para-hydroxylation sites is 2. The second kappa shape index (κ2) is 9.45. The molecule has 0 aliphatic rings. The van der Waals surface area contributed by atoms with E-state index < -0.39 is 10.0 Å². The Morgan fingerprint density at radius 1 is 1.17 bits per heavy atom. The molecule has 0 spiro atoms. The molecule has 0 aliphatic carbocycles. The van der Waals surface area contributed by atoms with Crippen LogP contribution in [-0.4, -0.2) is 37.5 Å². The van der Waals surface area contributed by atoms with E-state index in [0.29, 0.717) is 18.0 Å². The van der Waals surface area contributed by atoms with Crippen LogP contribution in [0.2, 0.25) is 0 Å². The Hall–Kier alpha value is -3.33. The molecule has 2 N–H and O–H groups in total. The molecule has 158 valence electrons. The van der Waals surface area contributed by atoms with Crippen LogP contribution in [0.5, 0.6) is 5.75 Å². The smallest absolute Gasteiger partial charge is 0.262 e. The monoisotopic (exact) mass is 428 g/mol. The summed E-state index contributed by atoms with van der Waals surface area (Å²) in [6.07, 6.45) is 4.36.